The fraction of sp³-hybridized carbons (Fsp3) is 0.357. The summed E-state index contributed by atoms with van der Waals surface area (Å²) in [5.74, 6) is 0.633. The van der Waals surface area contributed by atoms with Gasteiger partial charge in [-0.25, -0.2) is 0 Å². The zero-order valence-corrected chi connectivity index (χ0v) is 12.2. The van der Waals surface area contributed by atoms with E-state index in [1.165, 1.54) is 11.3 Å². The summed E-state index contributed by atoms with van der Waals surface area (Å²) in [6, 6.07) is 5.57. The molecular weight excluding hydrogens is 280 g/mol. The van der Waals surface area contributed by atoms with E-state index in [0.717, 1.165) is 29.6 Å². The Balaban J connectivity index is 2.01. The van der Waals surface area contributed by atoms with Gasteiger partial charge in [0.2, 0.25) is 0 Å². The van der Waals surface area contributed by atoms with Gasteiger partial charge in [-0.05, 0) is 30.5 Å². The van der Waals surface area contributed by atoms with Crippen LogP contribution >= 0.6 is 22.9 Å². The maximum absolute atomic E-state index is 12.5. The van der Waals surface area contributed by atoms with Crippen LogP contribution in [0.1, 0.15) is 23.0 Å². The smallest absolute Gasteiger partial charge is 0.266 e. The molecule has 100 valence electrons. The first-order valence-corrected chi connectivity index (χ1v) is 7.52. The lowest BCUT2D eigenvalue weighted by Crippen LogP contribution is -2.28. The molecule has 1 aromatic heterocycles. The molecule has 1 saturated heterocycles. The second-order valence-electron chi connectivity index (χ2n) is 5.13. The van der Waals surface area contributed by atoms with Crippen molar-refractivity contribution < 1.29 is 4.79 Å². The van der Waals surface area contributed by atoms with Crippen LogP contribution in [-0.2, 0) is 0 Å². The number of hydrogen-bond acceptors (Lipinski definition) is 3. The van der Waals surface area contributed by atoms with Crippen LogP contribution in [0.3, 0.4) is 0 Å². The van der Waals surface area contributed by atoms with Crippen LogP contribution in [0.15, 0.2) is 18.2 Å². The maximum atomic E-state index is 12.5. The Morgan fingerprint density at radius 1 is 1.53 bits per heavy atom. The van der Waals surface area contributed by atoms with Crippen LogP contribution in [0.5, 0.6) is 0 Å². The van der Waals surface area contributed by atoms with Crippen LogP contribution in [0.4, 0.5) is 5.69 Å². The molecule has 0 saturated carbocycles. The summed E-state index contributed by atoms with van der Waals surface area (Å²) in [6.45, 7) is 3.82. The fourth-order valence-electron chi connectivity index (χ4n) is 2.51. The third-order valence-electron chi connectivity index (χ3n) is 3.59. The Hall–Kier alpha value is -1.26. The standard InChI is InChI=1S/C14H15ClN2OS/c1-8-4-5-17(7-8)14(18)13-12(16)10-6-9(15)2-3-11(10)19-13/h2-3,6,8H,4-5,7,16H2,1H3. The highest BCUT2D eigenvalue weighted by atomic mass is 35.5. The van der Waals surface area contributed by atoms with Crippen molar-refractivity contribution >= 4 is 44.6 Å². The van der Waals surface area contributed by atoms with Crippen LogP contribution in [0.2, 0.25) is 5.02 Å². The number of halogens is 1. The molecule has 1 amide bonds. The molecule has 0 spiro atoms. The van der Waals surface area contributed by atoms with Gasteiger partial charge >= 0.3 is 0 Å². The normalized spacial score (nSPS) is 19.3. The van der Waals surface area contributed by atoms with Crippen LogP contribution in [0, 0.1) is 5.92 Å². The van der Waals surface area contributed by atoms with Gasteiger partial charge in [0.05, 0.1) is 5.69 Å². The van der Waals surface area contributed by atoms with Crippen molar-refractivity contribution in [2.24, 2.45) is 5.92 Å². The van der Waals surface area contributed by atoms with Gasteiger partial charge in [-0.2, -0.15) is 0 Å². The predicted octanol–water partition coefficient (Wildman–Crippen LogP) is 3.62. The van der Waals surface area contributed by atoms with Crippen LogP contribution < -0.4 is 5.73 Å². The Morgan fingerprint density at radius 3 is 3.00 bits per heavy atom. The third-order valence-corrected chi connectivity index (χ3v) is 5.00. The summed E-state index contributed by atoms with van der Waals surface area (Å²) in [5.41, 5.74) is 6.68. The molecule has 1 aliphatic rings. The van der Waals surface area contributed by atoms with Crippen molar-refractivity contribution in [1.82, 2.24) is 4.90 Å². The van der Waals surface area contributed by atoms with E-state index in [-0.39, 0.29) is 5.91 Å². The van der Waals surface area contributed by atoms with E-state index in [1.807, 2.05) is 23.1 Å². The molecule has 2 aromatic rings. The fourth-order valence-corrected chi connectivity index (χ4v) is 3.75. The average molecular weight is 295 g/mol. The number of fused-ring (bicyclic) bond motifs is 1. The molecule has 3 nitrogen and oxygen atoms in total. The predicted molar refractivity (Wildman–Crippen MR) is 80.9 cm³/mol. The maximum Gasteiger partial charge on any atom is 0.266 e. The molecule has 5 heteroatoms. The number of amides is 1. The second kappa shape index (κ2) is 4.69. The van der Waals surface area contributed by atoms with Gasteiger partial charge in [0, 0.05) is 28.2 Å². The molecule has 0 radical (unpaired) electrons. The summed E-state index contributed by atoms with van der Waals surface area (Å²) in [5, 5.41) is 1.53. The highest BCUT2D eigenvalue weighted by Crippen LogP contribution is 2.36. The summed E-state index contributed by atoms with van der Waals surface area (Å²) < 4.78 is 1.01. The number of likely N-dealkylation sites (tertiary alicyclic amines) is 1. The first kappa shape index (κ1) is 12.8. The van der Waals surface area contributed by atoms with E-state index >= 15 is 0 Å². The molecule has 3 rings (SSSR count). The minimum absolute atomic E-state index is 0.0548. The van der Waals surface area contributed by atoms with E-state index in [1.54, 1.807) is 0 Å². The summed E-state index contributed by atoms with van der Waals surface area (Å²) in [4.78, 5) is 15.0. The molecule has 1 fully saturated rings. The summed E-state index contributed by atoms with van der Waals surface area (Å²) in [7, 11) is 0. The largest absolute Gasteiger partial charge is 0.397 e. The van der Waals surface area contributed by atoms with Gasteiger partial charge in [-0.15, -0.1) is 11.3 Å². The highest BCUT2D eigenvalue weighted by Gasteiger charge is 2.27. The van der Waals surface area contributed by atoms with Gasteiger partial charge in [-0.3, -0.25) is 4.79 Å². The van der Waals surface area contributed by atoms with E-state index in [4.69, 9.17) is 17.3 Å². The Labute approximate surface area is 121 Å². The van der Waals surface area contributed by atoms with E-state index in [2.05, 4.69) is 6.92 Å². The molecule has 2 N–H and O–H groups in total. The van der Waals surface area contributed by atoms with Crippen LogP contribution in [0.25, 0.3) is 10.1 Å². The number of carbonyl (C=O) groups is 1. The number of nitrogen functional groups attached to an aromatic ring is 1. The topological polar surface area (TPSA) is 46.3 Å². The SMILES string of the molecule is CC1CCN(C(=O)c2sc3ccc(Cl)cc3c2N)C1. The first-order chi connectivity index (χ1) is 9.06. The minimum Gasteiger partial charge on any atom is -0.397 e. The number of nitrogens with zero attached hydrogens (tertiary/aromatic N) is 1. The number of rotatable bonds is 1. The number of hydrogen-bond donors (Lipinski definition) is 1. The summed E-state index contributed by atoms with van der Waals surface area (Å²) in [6.07, 6.45) is 1.07. The number of anilines is 1. The van der Waals surface area contributed by atoms with Crippen LogP contribution in [-0.4, -0.2) is 23.9 Å². The first-order valence-electron chi connectivity index (χ1n) is 6.33. The van der Waals surface area contributed by atoms with Crippen molar-refractivity contribution in [3.05, 3.63) is 28.1 Å². The minimum atomic E-state index is 0.0548. The van der Waals surface area contributed by atoms with Gasteiger partial charge in [0.1, 0.15) is 4.88 Å². The average Bonchev–Trinajstić information content (AvgIpc) is 2.94. The molecular formula is C14H15ClN2OS. The Kier molecular flexibility index (Phi) is 3.15. The molecule has 1 atom stereocenters. The lowest BCUT2D eigenvalue weighted by molar-refractivity contribution is 0.0794. The molecule has 0 bridgehead atoms. The van der Waals surface area contributed by atoms with E-state index in [9.17, 15) is 4.79 Å². The van der Waals surface area contributed by atoms with E-state index in [0.29, 0.717) is 21.5 Å². The number of thiophene rings is 1. The molecule has 1 aliphatic heterocycles. The number of nitrogens with two attached hydrogens (primary N) is 1. The van der Waals surface area contributed by atoms with Gasteiger partial charge in [0.25, 0.3) is 5.91 Å². The Bertz CT molecular complexity index is 652. The van der Waals surface area contributed by atoms with Crippen molar-refractivity contribution in [3.63, 3.8) is 0 Å². The molecule has 2 heterocycles. The van der Waals surface area contributed by atoms with Crippen molar-refractivity contribution in [2.75, 3.05) is 18.8 Å². The van der Waals surface area contributed by atoms with E-state index < -0.39 is 0 Å². The Morgan fingerprint density at radius 2 is 2.32 bits per heavy atom. The number of carbonyl (C=O) groups excluding carboxylic acids is 1. The number of benzene rings is 1. The molecule has 1 aromatic carbocycles. The van der Waals surface area contributed by atoms with Crippen molar-refractivity contribution in [3.8, 4) is 0 Å². The van der Waals surface area contributed by atoms with Gasteiger partial charge in [0.15, 0.2) is 0 Å². The third kappa shape index (κ3) is 2.19. The lowest BCUT2D eigenvalue weighted by atomic mass is 10.2. The van der Waals surface area contributed by atoms with Crippen molar-refractivity contribution in [1.29, 1.82) is 0 Å². The zero-order valence-electron chi connectivity index (χ0n) is 10.6. The molecule has 0 aliphatic carbocycles. The molecule has 19 heavy (non-hydrogen) atoms. The summed E-state index contributed by atoms with van der Waals surface area (Å²) >= 11 is 7.43. The monoisotopic (exact) mass is 294 g/mol. The second-order valence-corrected chi connectivity index (χ2v) is 6.62. The lowest BCUT2D eigenvalue weighted by Gasteiger charge is -2.14. The molecule has 1 unspecified atom stereocenters. The van der Waals surface area contributed by atoms with Gasteiger partial charge < -0.3 is 10.6 Å². The quantitative estimate of drug-likeness (QED) is 0.873. The van der Waals surface area contributed by atoms with Crippen molar-refractivity contribution in [2.45, 2.75) is 13.3 Å². The zero-order chi connectivity index (χ0) is 13.6. The highest BCUT2D eigenvalue weighted by molar-refractivity contribution is 7.21. The van der Waals surface area contributed by atoms with Gasteiger partial charge in [-0.1, -0.05) is 18.5 Å².